The highest BCUT2D eigenvalue weighted by Crippen LogP contribution is 2.38. The van der Waals surface area contributed by atoms with Crippen LogP contribution in [0, 0.1) is 69.2 Å². The van der Waals surface area contributed by atoms with Crippen molar-refractivity contribution in [2.45, 2.75) is 69.2 Å². The number of hydrogen-bond donors (Lipinski definition) is 6. The first-order valence-electron chi connectivity index (χ1n) is 29.7. The van der Waals surface area contributed by atoms with Gasteiger partial charge in [-0.2, -0.15) is 0 Å². The molecule has 0 unspecified atom stereocenters. The summed E-state index contributed by atoms with van der Waals surface area (Å²) < 4.78 is 13.6. The fraction of sp³-hybridized carbons (Fsp3) is 0.139. The van der Waals surface area contributed by atoms with E-state index in [-0.39, 0.29) is 0 Å². The molecule has 0 saturated heterocycles. The van der Waals surface area contributed by atoms with E-state index >= 15 is 0 Å². The Balaban J connectivity index is 0.0000000901. The van der Waals surface area contributed by atoms with E-state index in [2.05, 4.69) is 207 Å². The Morgan fingerprint density at radius 3 is 0.956 bits per heavy atom. The number of thiazole rings is 2. The molecule has 0 atom stereocenters. The molecule has 0 aliphatic rings. The average molecular weight is 1220 g/mol. The Labute approximate surface area is 519 Å². The van der Waals surface area contributed by atoms with Crippen molar-refractivity contribution in [2.75, 3.05) is 0 Å². The van der Waals surface area contributed by atoms with Crippen LogP contribution in [-0.2, 0) is 0 Å². The first-order chi connectivity index (χ1) is 43.6. The zero-order chi connectivity index (χ0) is 61.4. The lowest BCUT2D eigenvalue weighted by molar-refractivity contribution is 0.560. The van der Waals surface area contributed by atoms with Crippen LogP contribution in [0.4, 0.5) is 0 Å². The van der Waals surface area contributed by atoms with Crippen LogP contribution in [-0.4, -0.2) is 69.8 Å². The molecule has 0 radical (unpaired) electrons. The topological polar surface area (TPSA) is 224 Å². The molecule has 0 aliphatic carbocycles. The van der Waals surface area contributed by atoms with Gasteiger partial charge in [-0.25, -0.2) is 39.9 Å². The molecule has 18 heteroatoms. The van der Waals surface area contributed by atoms with Gasteiger partial charge in [0.25, 0.3) is 0 Å². The van der Waals surface area contributed by atoms with Crippen molar-refractivity contribution in [1.82, 2.24) is 69.8 Å². The third-order valence-electron chi connectivity index (χ3n) is 16.5. The van der Waals surface area contributed by atoms with Crippen molar-refractivity contribution < 1.29 is 8.83 Å². The Hall–Kier alpha value is -10.8. The van der Waals surface area contributed by atoms with Crippen LogP contribution in [0.3, 0.4) is 0 Å². The summed E-state index contributed by atoms with van der Waals surface area (Å²) in [6.45, 7) is 19.9. The Kier molecular flexibility index (Phi) is 12.7. The second-order valence-corrected chi connectivity index (χ2v) is 25.6. The van der Waals surface area contributed by atoms with E-state index in [0.29, 0.717) is 11.8 Å². The predicted molar refractivity (Wildman–Crippen MR) is 371 cm³/mol. The van der Waals surface area contributed by atoms with Crippen molar-refractivity contribution in [1.29, 1.82) is 0 Å². The molecule has 10 aromatic carbocycles. The lowest BCUT2D eigenvalue weighted by atomic mass is 10.0. The largest absolute Gasteiger partial charge is 0.441 e. The summed E-state index contributed by atoms with van der Waals surface area (Å²) >= 11 is 3.49. The van der Waals surface area contributed by atoms with Crippen LogP contribution in [0.5, 0.6) is 0 Å². The number of oxazole rings is 2. The Bertz CT molecular complexity index is 5030. The molecule has 0 bridgehead atoms. The van der Waals surface area contributed by atoms with Crippen LogP contribution >= 0.6 is 22.7 Å². The number of aryl methyl sites for hydroxylation is 10. The van der Waals surface area contributed by atoms with Gasteiger partial charge in [-0.15, -0.1) is 22.7 Å². The van der Waals surface area contributed by atoms with E-state index in [1.54, 1.807) is 22.7 Å². The lowest BCUT2D eigenvalue weighted by Gasteiger charge is -2.02. The van der Waals surface area contributed by atoms with Gasteiger partial charge in [-0.05, 0) is 143 Å². The van der Waals surface area contributed by atoms with Gasteiger partial charge in [-0.3, -0.25) is 0 Å². The second-order valence-electron chi connectivity index (χ2n) is 23.2. The summed E-state index contributed by atoms with van der Waals surface area (Å²) in [5.41, 5.74) is 18.6. The van der Waals surface area contributed by atoms with Crippen molar-refractivity contribution in [3.05, 3.63) is 190 Å². The van der Waals surface area contributed by atoms with Crippen LogP contribution in [0.25, 0.3) is 162 Å². The monoisotopic (exact) mass is 1210 g/mol. The summed E-state index contributed by atoms with van der Waals surface area (Å²) in [7, 11) is 0. The van der Waals surface area contributed by atoms with Crippen LogP contribution < -0.4 is 0 Å². The van der Waals surface area contributed by atoms with E-state index in [1.165, 1.54) is 74.9 Å². The zero-order valence-corrected chi connectivity index (χ0v) is 52.5. The summed E-state index contributed by atoms with van der Waals surface area (Å²) in [6, 6.07) is 46.5. The summed E-state index contributed by atoms with van der Waals surface area (Å²) in [5, 5.41) is 16.5. The van der Waals surface area contributed by atoms with E-state index in [4.69, 9.17) is 8.83 Å². The minimum Gasteiger partial charge on any atom is -0.441 e. The van der Waals surface area contributed by atoms with Crippen molar-refractivity contribution in [3.8, 4) is 0 Å². The molecule has 20 aromatic rings. The fourth-order valence-electron chi connectivity index (χ4n) is 12.9. The molecule has 0 spiro atoms. The van der Waals surface area contributed by atoms with Crippen LogP contribution in [0.2, 0.25) is 0 Å². The number of benzene rings is 10. The molecule has 0 fully saturated rings. The van der Waals surface area contributed by atoms with Crippen LogP contribution in [0.1, 0.15) is 56.5 Å². The molecular weight excluding hydrogens is 1160 g/mol. The minimum absolute atomic E-state index is 0.662. The van der Waals surface area contributed by atoms with E-state index in [0.717, 1.165) is 132 Å². The first kappa shape index (κ1) is 54.6. The summed E-state index contributed by atoms with van der Waals surface area (Å²) in [5.74, 6) is 5.05. The predicted octanol–water partition coefficient (Wildman–Crippen LogP) is 19.3. The van der Waals surface area contributed by atoms with Gasteiger partial charge in [0.05, 0.1) is 85.6 Å². The van der Waals surface area contributed by atoms with E-state index < -0.39 is 0 Å². The maximum Gasteiger partial charge on any atom is 0.192 e. The van der Waals surface area contributed by atoms with Gasteiger partial charge in [0.15, 0.2) is 22.9 Å². The van der Waals surface area contributed by atoms with Gasteiger partial charge in [0, 0.05) is 62.9 Å². The number of aromatic amines is 6. The maximum atomic E-state index is 5.56. The highest BCUT2D eigenvalue weighted by molar-refractivity contribution is 7.19. The number of imidazole rings is 4. The Morgan fingerprint density at radius 1 is 0.278 bits per heavy atom. The highest BCUT2D eigenvalue weighted by Gasteiger charge is 2.17. The number of nitrogens with one attached hydrogen (secondary N) is 6. The van der Waals surface area contributed by atoms with Gasteiger partial charge >= 0.3 is 0 Å². The standard InChI is InChI=1S/C16H14N2.2C14H12N4.C14H10N2O2.C14H10N2S2/c1-9-7-12-5-3-11-4-6-13-8-10(2)18-16(13)14(11)15(12)17-9;2*1-7-15-10-5-3-9-4-6-11-14(18-8(2)16-11)12(9)13(10)17-7;2*1-7-15-13-10(17-7)5-3-9-4-6-11-14(12(9)13)16-8(2)18-11/h3-8,17-18H,1-2H3;2*3-6H,1-2H3,(H,15,17)(H,16,18);2*3-6H,1-2H3. The quantitative estimate of drug-likeness (QED) is 0.0842. The molecule has 0 amide bonds. The zero-order valence-electron chi connectivity index (χ0n) is 50.9. The summed E-state index contributed by atoms with van der Waals surface area (Å²) in [4.78, 5) is 56.7. The number of rotatable bonds is 0. The lowest BCUT2D eigenvalue weighted by Crippen LogP contribution is -1.79. The molecule has 90 heavy (non-hydrogen) atoms. The van der Waals surface area contributed by atoms with E-state index in [1.807, 2.05) is 65.8 Å². The van der Waals surface area contributed by atoms with Crippen molar-refractivity contribution in [2.24, 2.45) is 0 Å². The SMILES string of the molecule is Cc1cc2ccc3ccc4cc(C)[nH]c4c3c2[nH]1.Cc1nc2c(ccc3ccc4[nH]c(C)nc4c32)[nH]1.Cc1nc2c(ccc3ccc4[nH]c(C)nc4c32)[nH]1.Cc1nc2c(ccc3ccc4oc(C)nc4c32)o1.Cc1nc2c(ccc3ccc4sc(C)nc4c32)s1. The van der Waals surface area contributed by atoms with Gasteiger partial charge < -0.3 is 38.7 Å². The molecule has 20 rings (SSSR count). The molecular formula is C72H58N14O2S2. The highest BCUT2D eigenvalue weighted by atomic mass is 32.1. The minimum atomic E-state index is 0.662. The smallest absolute Gasteiger partial charge is 0.192 e. The average Bonchev–Trinajstić information content (AvgIpc) is 1.72. The fourth-order valence-corrected chi connectivity index (χ4v) is 14.6. The first-order valence-corrected chi connectivity index (χ1v) is 31.4. The number of fused-ring (bicyclic) bond motifs is 25. The molecule has 0 aliphatic heterocycles. The molecule has 0 saturated carbocycles. The molecule has 10 heterocycles. The third-order valence-corrected chi connectivity index (χ3v) is 18.4. The summed E-state index contributed by atoms with van der Waals surface area (Å²) in [6.07, 6.45) is 0. The Morgan fingerprint density at radius 2 is 0.578 bits per heavy atom. The number of aromatic nitrogens is 14. The van der Waals surface area contributed by atoms with Crippen molar-refractivity contribution >= 4 is 185 Å². The van der Waals surface area contributed by atoms with Gasteiger partial charge in [-0.1, -0.05) is 72.8 Å². The van der Waals surface area contributed by atoms with Crippen LogP contribution in [0.15, 0.2) is 142 Å². The molecule has 10 aromatic heterocycles. The van der Waals surface area contributed by atoms with Gasteiger partial charge in [0.2, 0.25) is 0 Å². The number of hydrogen-bond acceptors (Lipinski definition) is 12. The molecule has 16 nitrogen and oxygen atoms in total. The second kappa shape index (κ2) is 20.9. The van der Waals surface area contributed by atoms with Crippen molar-refractivity contribution in [3.63, 3.8) is 0 Å². The molecule has 440 valence electrons. The normalized spacial score (nSPS) is 11.9. The maximum absolute atomic E-state index is 5.56. The van der Waals surface area contributed by atoms with E-state index in [9.17, 15) is 0 Å². The van der Waals surface area contributed by atoms with Gasteiger partial charge in [0.1, 0.15) is 34.3 Å². The number of nitrogens with zero attached hydrogens (tertiary/aromatic N) is 8. The molecule has 6 N–H and O–H groups in total. The number of H-pyrrole nitrogens is 6. The third kappa shape index (κ3) is 9.32.